The number of aromatic nitrogens is 1. The quantitative estimate of drug-likeness (QED) is 0.472. The van der Waals surface area contributed by atoms with E-state index in [0.717, 1.165) is 6.07 Å². The fourth-order valence-corrected chi connectivity index (χ4v) is 2.58. The molecule has 1 aliphatic rings. The first-order valence-electron chi connectivity index (χ1n) is 7.61. The number of ketones is 3. The van der Waals surface area contributed by atoms with Crippen molar-refractivity contribution in [2.45, 2.75) is 32.0 Å². The Balaban J connectivity index is 2.38. The van der Waals surface area contributed by atoms with E-state index in [1.807, 2.05) is 0 Å². The Kier molecular flexibility index (Phi) is 6.02. The van der Waals surface area contributed by atoms with Crippen LogP contribution in [0.1, 0.15) is 41.0 Å². The summed E-state index contributed by atoms with van der Waals surface area (Å²) in [5.74, 6) is -3.44. The molecule has 2 rings (SSSR count). The second-order valence-corrected chi connectivity index (χ2v) is 5.55. The van der Waals surface area contributed by atoms with Gasteiger partial charge in [-0.1, -0.05) is 0 Å². The highest BCUT2D eigenvalue weighted by atomic mass is 19.4. The Morgan fingerprint density at radius 2 is 1.88 bits per heavy atom. The lowest BCUT2D eigenvalue weighted by molar-refractivity contribution is -0.141. The molecule has 1 aromatic heterocycles. The number of aliphatic hydroxyl groups is 1. The van der Waals surface area contributed by atoms with Gasteiger partial charge in [-0.25, -0.2) is 4.98 Å². The molecule has 1 aliphatic carbocycles. The molecule has 1 N–H and O–H groups in total. The number of rotatable bonds is 6. The van der Waals surface area contributed by atoms with Gasteiger partial charge in [-0.2, -0.15) is 13.2 Å². The van der Waals surface area contributed by atoms with Crippen LogP contribution in [0.25, 0.3) is 0 Å². The van der Waals surface area contributed by atoms with E-state index in [4.69, 9.17) is 9.84 Å². The lowest BCUT2D eigenvalue weighted by Gasteiger charge is -2.20. The maximum Gasteiger partial charge on any atom is 0.433 e. The average molecular weight is 359 g/mol. The number of nitrogens with zero attached hydrogens (tertiary/aromatic N) is 1. The smallest absolute Gasteiger partial charge is 0.394 e. The van der Waals surface area contributed by atoms with Crippen molar-refractivity contribution < 1.29 is 37.4 Å². The van der Waals surface area contributed by atoms with Crippen molar-refractivity contribution in [3.63, 3.8) is 0 Å². The molecule has 0 unspecified atom stereocenters. The molecule has 136 valence electrons. The fraction of sp³-hybridized carbons (Fsp3) is 0.500. The summed E-state index contributed by atoms with van der Waals surface area (Å²) >= 11 is 0. The van der Waals surface area contributed by atoms with E-state index >= 15 is 0 Å². The normalized spacial score (nSPS) is 16.3. The third-order valence-electron chi connectivity index (χ3n) is 3.76. The minimum Gasteiger partial charge on any atom is -0.394 e. The highest BCUT2D eigenvalue weighted by molar-refractivity contribution is 6.25. The van der Waals surface area contributed by atoms with Crippen LogP contribution >= 0.6 is 0 Å². The number of Topliss-reactive ketones (excluding diaryl/α,β-unsaturated/α-hetero) is 3. The summed E-state index contributed by atoms with van der Waals surface area (Å²) in [6.45, 7) is -0.977. The van der Waals surface area contributed by atoms with E-state index in [0.29, 0.717) is 12.5 Å². The van der Waals surface area contributed by atoms with Crippen LogP contribution in [0.15, 0.2) is 12.1 Å². The zero-order valence-electron chi connectivity index (χ0n) is 13.1. The highest BCUT2D eigenvalue weighted by Crippen LogP contribution is 2.30. The van der Waals surface area contributed by atoms with Crippen LogP contribution in [-0.2, 0) is 27.1 Å². The fourth-order valence-electron chi connectivity index (χ4n) is 2.58. The first-order valence-corrected chi connectivity index (χ1v) is 7.61. The topological polar surface area (TPSA) is 93.6 Å². The van der Waals surface area contributed by atoms with Gasteiger partial charge in [0.15, 0.2) is 17.3 Å². The van der Waals surface area contributed by atoms with Crippen LogP contribution in [0.5, 0.6) is 0 Å². The number of hydrogen-bond donors (Lipinski definition) is 1. The second-order valence-electron chi connectivity index (χ2n) is 5.55. The van der Waals surface area contributed by atoms with Gasteiger partial charge in [0.05, 0.1) is 25.5 Å². The molecule has 0 spiro atoms. The Hall–Kier alpha value is -2.13. The molecule has 0 bridgehead atoms. The number of pyridine rings is 1. The number of aliphatic hydroxyl groups excluding tert-OH is 1. The summed E-state index contributed by atoms with van der Waals surface area (Å²) in [4.78, 5) is 39.8. The van der Waals surface area contributed by atoms with Gasteiger partial charge in [0.2, 0.25) is 0 Å². The molecule has 1 fully saturated rings. The molecule has 9 heteroatoms. The molecule has 1 aromatic rings. The van der Waals surface area contributed by atoms with Crippen molar-refractivity contribution in [3.8, 4) is 0 Å². The number of ether oxygens (including phenoxy) is 1. The van der Waals surface area contributed by atoms with Gasteiger partial charge in [-0.05, 0) is 18.6 Å². The molecule has 0 amide bonds. The third-order valence-corrected chi connectivity index (χ3v) is 3.76. The minimum absolute atomic E-state index is 0.0759. The van der Waals surface area contributed by atoms with Crippen molar-refractivity contribution in [2.24, 2.45) is 5.92 Å². The van der Waals surface area contributed by atoms with E-state index < -0.39 is 41.7 Å². The number of alkyl halides is 3. The number of hydrogen-bond acceptors (Lipinski definition) is 6. The van der Waals surface area contributed by atoms with Crippen molar-refractivity contribution in [3.05, 3.63) is 29.1 Å². The predicted octanol–water partition coefficient (Wildman–Crippen LogP) is 1.73. The maximum absolute atomic E-state index is 12.8. The molecule has 1 heterocycles. The molecule has 0 aromatic carbocycles. The predicted molar refractivity (Wildman–Crippen MR) is 77.7 cm³/mol. The van der Waals surface area contributed by atoms with E-state index in [1.165, 1.54) is 0 Å². The number of carbonyl (C=O) groups excluding carboxylic acids is 3. The third kappa shape index (κ3) is 4.49. The summed E-state index contributed by atoms with van der Waals surface area (Å²) in [7, 11) is 0. The summed E-state index contributed by atoms with van der Waals surface area (Å²) in [5, 5.41) is 8.70. The van der Waals surface area contributed by atoms with Gasteiger partial charge in [0, 0.05) is 18.4 Å². The molecular weight excluding hydrogens is 343 g/mol. The van der Waals surface area contributed by atoms with Gasteiger partial charge in [0.25, 0.3) is 0 Å². The average Bonchev–Trinajstić information content (AvgIpc) is 2.54. The zero-order chi connectivity index (χ0) is 18.6. The van der Waals surface area contributed by atoms with E-state index in [1.54, 1.807) is 0 Å². The zero-order valence-corrected chi connectivity index (χ0v) is 13.1. The number of carbonyl (C=O) groups is 3. The van der Waals surface area contributed by atoms with Gasteiger partial charge < -0.3 is 9.84 Å². The van der Waals surface area contributed by atoms with Crippen LogP contribution < -0.4 is 0 Å². The highest BCUT2D eigenvalue weighted by Gasteiger charge is 2.39. The number of halogens is 3. The van der Waals surface area contributed by atoms with E-state index in [2.05, 4.69) is 4.98 Å². The van der Waals surface area contributed by atoms with Crippen molar-refractivity contribution in [2.75, 3.05) is 13.2 Å². The van der Waals surface area contributed by atoms with Crippen LogP contribution in [-0.4, -0.2) is 40.7 Å². The summed E-state index contributed by atoms with van der Waals surface area (Å²) in [6.07, 6.45) is -4.21. The molecule has 0 aliphatic heterocycles. The lowest BCUT2D eigenvalue weighted by atomic mass is 9.81. The van der Waals surface area contributed by atoms with Crippen molar-refractivity contribution in [1.29, 1.82) is 0 Å². The Morgan fingerprint density at radius 3 is 2.44 bits per heavy atom. The van der Waals surface area contributed by atoms with Crippen LogP contribution in [0.2, 0.25) is 0 Å². The summed E-state index contributed by atoms with van der Waals surface area (Å²) < 4.78 is 43.5. The van der Waals surface area contributed by atoms with Gasteiger partial charge >= 0.3 is 6.18 Å². The lowest BCUT2D eigenvalue weighted by Crippen LogP contribution is -2.36. The van der Waals surface area contributed by atoms with E-state index in [-0.39, 0.29) is 37.3 Å². The second kappa shape index (κ2) is 7.83. The SMILES string of the molecule is O=C1CCCC(=O)C1C(=O)c1ccc(C(F)(F)F)nc1COCCO. The largest absolute Gasteiger partial charge is 0.433 e. The first kappa shape index (κ1) is 19.2. The molecule has 25 heavy (non-hydrogen) atoms. The van der Waals surface area contributed by atoms with Crippen molar-refractivity contribution in [1.82, 2.24) is 4.98 Å². The standard InChI is InChI=1S/C16H16F3NO5/c17-16(18,19)13-5-4-9(10(20-13)8-25-7-6-21)15(24)14-11(22)2-1-3-12(14)23/h4-5,14,21H,1-3,6-8H2. The Morgan fingerprint density at radius 1 is 1.24 bits per heavy atom. The molecule has 6 nitrogen and oxygen atoms in total. The van der Waals surface area contributed by atoms with Gasteiger partial charge in [-0.15, -0.1) is 0 Å². The Labute approximate surface area is 141 Å². The molecule has 1 saturated carbocycles. The summed E-state index contributed by atoms with van der Waals surface area (Å²) in [5.41, 5.74) is -1.79. The van der Waals surface area contributed by atoms with Crippen molar-refractivity contribution >= 4 is 17.3 Å². The first-order chi connectivity index (χ1) is 11.8. The van der Waals surface area contributed by atoms with Crippen LogP contribution in [0.4, 0.5) is 13.2 Å². The molecular formula is C16H16F3NO5. The van der Waals surface area contributed by atoms with Crippen LogP contribution in [0.3, 0.4) is 0 Å². The molecule has 0 radical (unpaired) electrons. The van der Waals surface area contributed by atoms with Crippen LogP contribution in [0, 0.1) is 5.92 Å². The maximum atomic E-state index is 12.8. The van der Waals surface area contributed by atoms with E-state index in [9.17, 15) is 27.6 Å². The summed E-state index contributed by atoms with van der Waals surface area (Å²) in [6, 6.07) is 1.53. The monoisotopic (exact) mass is 359 g/mol. The minimum atomic E-state index is -4.72. The van der Waals surface area contributed by atoms with Gasteiger partial charge in [0.1, 0.15) is 11.6 Å². The Bertz CT molecular complexity index is 671. The molecule has 0 saturated heterocycles. The van der Waals surface area contributed by atoms with Gasteiger partial charge in [-0.3, -0.25) is 14.4 Å². The molecule has 0 atom stereocenters.